The van der Waals surface area contributed by atoms with Crippen molar-refractivity contribution in [3.63, 3.8) is 0 Å². The molecule has 0 atom stereocenters. The zero-order chi connectivity index (χ0) is 15.8. The van der Waals surface area contributed by atoms with E-state index in [1.54, 1.807) is 0 Å². The number of nitrogens with zero attached hydrogens (tertiary/aromatic N) is 1. The number of hydrogen-bond donors (Lipinski definition) is 1. The molecule has 0 radical (unpaired) electrons. The van der Waals surface area contributed by atoms with Crippen LogP contribution < -0.4 is 0 Å². The Bertz CT molecular complexity index is 776. The highest BCUT2D eigenvalue weighted by Crippen LogP contribution is 2.44. The smallest absolute Gasteiger partial charge is 0.282 e. The zero-order valence-corrected chi connectivity index (χ0v) is 11.7. The summed E-state index contributed by atoms with van der Waals surface area (Å²) in [5, 5.41) is -0.665. The fraction of sp³-hybridized carbons (Fsp3) is 0.0833. The highest BCUT2D eigenvalue weighted by atomic mass is 35.5. The van der Waals surface area contributed by atoms with Crippen molar-refractivity contribution >= 4 is 21.7 Å². The van der Waals surface area contributed by atoms with Crippen LogP contribution in [0.3, 0.4) is 0 Å². The van der Waals surface area contributed by atoms with Crippen molar-refractivity contribution in [3.05, 3.63) is 47.2 Å². The summed E-state index contributed by atoms with van der Waals surface area (Å²) in [5.41, 5.74) is -2.11. The molecule has 0 spiro atoms. The average Bonchev–Trinajstić information content (AvgIpc) is 2.36. The van der Waals surface area contributed by atoms with Crippen LogP contribution in [0.1, 0.15) is 5.56 Å². The highest BCUT2D eigenvalue weighted by Gasteiger charge is 2.39. The molecular weight excluding hydrogens is 331 g/mol. The summed E-state index contributed by atoms with van der Waals surface area (Å²) in [7, 11) is -4.86. The minimum absolute atomic E-state index is 0.0764. The van der Waals surface area contributed by atoms with Crippen LogP contribution in [0, 0.1) is 0 Å². The molecule has 4 nitrogen and oxygen atoms in total. The van der Waals surface area contributed by atoms with Gasteiger partial charge in [0, 0.05) is 18.0 Å². The molecule has 0 aliphatic carbocycles. The maximum absolute atomic E-state index is 13.2. The van der Waals surface area contributed by atoms with Gasteiger partial charge < -0.3 is 0 Å². The Morgan fingerprint density at radius 1 is 1.10 bits per heavy atom. The average molecular weight is 338 g/mol. The number of halogens is 4. The molecule has 0 unspecified atom stereocenters. The van der Waals surface area contributed by atoms with Crippen molar-refractivity contribution in [2.75, 3.05) is 0 Å². The third kappa shape index (κ3) is 3.17. The highest BCUT2D eigenvalue weighted by molar-refractivity contribution is 7.86. The Hall–Kier alpha value is -1.64. The molecule has 0 bridgehead atoms. The lowest BCUT2D eigenvalue weighted by atomic mass is 10.00. The Morgan fingerprint density at radius 2 is 1.67 bits per heavy atom. The molecule has 0 aliphatic rings. The van der Waals surface area contributed by atoms with Gasteiger partial charge in [-0.3, -0.25) is 9.54 Å². The van der Waals surface area contributed by atoms with E-state index in [2.05, 4.69) is 4.98 Å². The van der Waals surface area contributed by atoms with Gasteiger partial charge in [-0.05, 0) is 29.8 Å². The van der Waals surface area contributed by atoms with E-state index in [1.165, 1.54) is 24.5 Å². The van der Waals surface area contributed by atoms with Crippen molar-refractivity contribution in [1.29, 1.82) is 0 Å². The zero-order valence-electron chi connectivity index (χ0n) is 10.1. The fourth-order valence-corrected chi connectivity index (χ4v) is 2.84. The predicted octanol–water partition coefficient (Wildman–Crippen LogP) is 3.67. The molecule has 1 heterocycles. The molecule has 0 amide bonds. The Morgan fingerprint density at radius 3 is 2.14 bits per heavy atom. The maximum Gasteiger partial charge on any atom is 0.418 e. The van der Waals surface area contributed by atoms with Crippen LogP contribution >= 0.6 is 11.6 Å². The summed E-state index contributed by atoms with van der Waals surface area (Å²) in [5.74, 6) is 0. The summed E-state index contributed by atoms with van der Waals surface area (Å²) >= 11 is 5.57. The number of rotatable bonds is 2. The molecule has 0 saturated heterocycles. The van der Waals surface area contributed by atoms with Crippen molar-refractivity contribution in [3.8, 4) is 11.1 Å². The maximum atomic E-state index is 13.2. The summed E-state index contributed by atoms with van der Waals surface area (Å²) in [6.45, 7) is 0. The van der Waals surface area contributed by atoms with Crippen LogP contribution in [-0.4, -0.2) is 18.0 Å². The largest absolute Gasteiger partial charge is 0.418 e. The van der Waals surface area contributed by atoms with E-state index in [-0.39, 0.29) is 5.56 Å². The molecule has 9 heteroatoms. The van der Waals surface area contributed by atoms with Gasteiger partial charge in [-0.1, -0.05) is 11.6 Å². The third-order valence-corrected chi connectivity index (χ3v) is 3.86. The molecule has 2 aromatic rings. The summed E-state index contributed by atoms with van der Waals surface area (Å²) in [4.78, 5) is 2.78. The summed E-state index contributed by atoms with van der Waals surface area (Å²) in [6, 6.07) is 3.98. The second-order valence-corrected chi connectivity index (χ2v) is 5.80. The number of hydrogen-bond acceptors (Lipinski definition) is 3. The van der Waals surface area contributed by atoms with E-state index in [0.717, 1.165) is 12.1 Å². The first kappa shape index (κ1) is 15.7. The van der Waals surface area contributed by atoms with Crippen LogP contribution in [-0.2, 0) is 16.3 Å². The second kappa shape index (κ2) is 5.28. The quantitative estimate of drug-likeness (QED) is 0.849. The third-order valence-electron chi connectivity index (χ3n) is 2.65. The van der Waals surface area contributed by atoms with E-state index in [9.17, 15) is 21.6 Å². The van der Waals surface area contributed by atoms with Gasteiger partial charge in [0.25, 0.3) is 10.1 Å². The SMILES string of the molecule is O=S(=O)(O)c1ccc(Cl)c(C(F)(F)F)c1-c1ccncc1. The minimum atomic E-state index is -4.89. The standard InChI is InChI=1S/C12H7ClF3NO3S/c13-8-1-2-9(21(18,19)20)10(11(8)12(14,15)16)7-3-5-17-6-4-7/h1-6H,(H,18,19,20). The normalized spacial score (nSPS) is 12.4. The second-order valence-electron chi connectivity index (χ2n) is 4.00. The van der Waals surface area contributed by atoms with Gasteiger partial charge in [0.1, 0.15) is 4.90 Å². The lowest BCUT2D eigenvalue weighted by molar-refractivity contribution is -0.137. The van der Waals surface area contributed by atoms with Crippen molar-refractivity contribution in [2.45, 2.75) is 11.1 Å². The first-order chi connectivity index (χ1) is 9.62. The topological polar surface area (TPSA) is 67.3 Å². The van der Waals surface area contributed by atoms with Crippen LogP contribution in [0.15, 0.2) is 41.6 Å². The molecule has 0 fully saturated rings. The van der Waals surface area contributed by atoms with Gasteiger partial charge in [-0.25, -0.2) is 0 Å². The lowest BCUT2D eigenvalue weighted by Gasteiger charge is -2.17. The van der Waals surface area contributed by atoms with E-state index in [4.69, 9.17) is 16.2 Å². The Labute approximate surface area is 123 Å². The number of pyridine rings is 1. The molecule has 112 valence electrons. The van der Waals surface area contributed by atoms with E-state index in [0.29, 0.717) is 0 Å². The monoisotopic (exact) mass is 337 g/mol. The predicted molar refractivity (Wildman–Crippen MR) is 69.5 cm³/mol. The van der Waals surface area contributed by atoms with Crippen molar-refractivity contribution in [2.24, 2.45) is 0 Å². The van der Waals surface area contributed by atoms with Gasteiger partial charge in [-0.15, -0.1) is 0 Å². The first-order valence-electron chi connectivity index (χ1n) is 5.40. The molecule has 0 aliphatic heterocycles. The molecule has 2 rings (SSSR count). The minimum Gasteiger partial charge on any atom is -0.282 e. The molecule has 21 heavy (non-hydrogen) atoms. The van der Waals surface area contributed by atoms with Gasteiger partial charge >= 0.3 is 6.18 Å². The van der Waals surface area contributed by atoms with Gasteiger partial charge in [-0.2, -0.15) is 21.6 Å². The molecule has 1 N–H and O–H groups in total. The van der Waals surface area contributed by atoms with Crippen LogP contribution in [0.4, 0.5) is 13.2 Å². The van der Waals surface area contributed by atoms with Gasteiger partial charge in [0.15, 0.2) is 0 Å². The Kier molecular flexibility index (Phi) is 3.96. The summed E-state index contributed by atoms with van der Waals surface area (Å²) < 4.78 is 71.4. The van der Waals surface area contributed by atoms with Crippen LogP contribution in [0.5, 0.6) is 0 Å². The lowest BCUT2D eigenvalue weighted by Crippen LogP contribution is -2.12. The van der Waals surface area contributed by atoms with Gasteiger partial charge in [0.2, 0.25) is 0 Å². The number of benzene rings is 1. The molecular formula is C12H7ClF3NO3S. The first-order valence-corrected chi connectivity index (χ1v) is 7.22. The van der Waals surface area contributed by atoms with Crippen LogP contribution in [0.25, 0.3) is 11.1 Å². The molecule has 0 saturated carbocycles. The van der Waals surface area contributed by atoms with Crippen molar-refractivity contribution < 1.29 is 26.1 Å². The van der Waals surface area contributed by atoms with Gasteiger partial charge in [0.05, 0.1) is 10.6 Å². The van der Waals surface area contributed by atoms with Crippen molar-refractivity contribution in [1.82, 2.24) is 4.98 Å². The fourth-order valence-electron chi connectivity index (χ4n) is 1.86. The molecule has 1 aromatic carbocycles. The number of aromatic nitrogens is 1. The Balaban J connectivity index is 2.96. The van der Waals surface area contributed by atoms with Crippen LogP contribution in [0.2, 0.25) is 5.02 Å². The molecule has 1 aromatic heterocycles. The van der Waals surface area contributed by atoms with E-state index >= 15 is 0 Å². The summed E-state index contributed by atoms with van der Waals surface area (Å²) in [6.07, 6.45) is -2.50. The van der Waals surface area contributed by atoms with E-state index in [1.807, 2.05) is 0 Å². The number of alkyl halides is 3. The van der Waals surface area contributed by atoms with E-state index < -0.39 is 37.3 Å².